The van der Waals surface area contributed by atoms with Gasteiger partial charge in [0.2, 0.25) is 10.0 Å². The summed E-state index contributed by atoms with van der Waals surface area (Å²) in [6, 6.07) is 4.66. The average molecular weight is 301 g/mol. The van der Waals surface area contributed by atoms with Crippen LogP contribution in [0, 0.1) is 0 Å². The molecule has 0 saturated carbocycles. The van der Waals surface area contributed by atoms with Crippen molar-refractivity contribution in [2.45, 2.75) is 0 Å². The molecule has 1 aromatic heterocycles. The zero-order valence-corrected chi connectivity index (χ0v) is 11.8. The molecule has 0 bridgehead atoms. The monoisotopic (exact) mass is 301 g/mol. The van der Waals surface area contributed by atoms with Crippen LogP contribution in [0.3, 0.4) is 0 Å². The van der Waals surface area contributed by atoms with E-state index in [0.717, 1.165) is 17.6 Å². The number of nitrogens with one attached hydrogen (secondary N) is 1. The normalized spacial score (nSPS) is 11.5. The molecule has 0 amide bonds. The van der Waals surface area contributed by atoms with E-state index in [2.05, 4.69) is 4.72 Å². The van der Waals surface area contributed by atoms with Gasteiger partial charge in [-0.2, -0.15) is 0 Å². The van der Waals surface area contributed by atoms with Crippen LogP contribution in [-0.2, 0) is 10.0 Å². The fourth-order valence-corrected chi connectivity index (χ4v) is 3.09. The van der Waals surface area contributed by atoms with Crippen molar-refractivity contribution in [3.63, 3.8) is 0 Å². The Morgan fingerprint density at radius 1 is 1.37 bits per heavy atom. The van der Waals surface area contributed by atoms with Crippen molar-refractivity contribution in [3.05, 3.63) is 23.1 Å². The molecule has 0 saturated heterocycles. The Balaban J connectivity index is 2.60. The number of aromatic carboxylic acids is 1. The highest BCUT2D eigenvalue weighted by Crippen LogP contribution is 2.35. The maximum atomic E-state index is 11.3. The van der Waals surface area contributed by atoms with Crippen LogP contribution in [0.15, 0.2) is 18.2 Å². The van der Waals surface area contributed by atoms with Gasteiger partial charge in [0.1, 0.15) is 10.6 Å². The van der Waals surface area contributed by atoms with Crippen LogP contribution in [0.5, 0.6) is 5.75 Å². The van der Waals surface area contributed by atoms with Gasteiger partial charge < -0.3 is 9.84 Å². The number of methoxy groups -OCH3 is 1. The molecule has 19 heavy (non-hydrogen) atoms. The molecule has 6 nitrogen and oxygen atoms in total. The molecule has 8 heteroatoms. The number of hydrogen-bond donors (Lipinski definition) is 2. The molecule has 0 unspecified atom stereocenters. The third kappa shape index (κ3) is 2.96. The minimum Gasteiger partial charge on any atom is -0.495 e. The van der Waals surface area contributed by atoms with Crippen LogP contribution in [0.25, 0.3) is 10.1 Å². The zero-order valence-electron chi connectivity index (χ0n) is 10.1. The molecule has 2 N–H and O–H groups in total. The van der Waals surface area contributed by atoms with E-state index in [1.165, 1.54) is 13.2 Å². The van der Waals surface area contributed by atoms with Crippen molar-refractivity contribution in [2.24, 2.45) is 0 Å². The summed E-state index contributed by atoms with van der Waals surface area (Å²) in [4.78, 5) is 11.1. The highest BCUT2D eigenvalue weighted by atomic mass is 32.2. The summed E-state index contributed by atoms with van der Waals surface area (Å²) in [5.41, 5.74) is 0.284. The highest BCUT2D eigenvalue weighted by Gasteiger charge is 2.14. The molecule has 1 heterocycles. The minimum absolute atomic E-state index is 0.188. The van der Waals surface area contributed by atoms with Gasteiger partial charge in [0.15, 0.2) is 0 Å². The number of carboxylic acid groups (broad SMARTS) is 1. The van der Waals surface area contributed by atoms with E-state index < -0.39 is 16.0 Å². The number of hydrogen-bond acceptors (Lipinski definition) is 5. The minimum atomic E-state index is -3.43. The lowest BCUT2D eigenvalue weighted by atomic mass is 10.2. The van der Waals surface area contributed by atoms with E-state index in [-0.39, 0.29) is 10.6 Å². The van der Waals surface area contributed by atoms with Crippen molar-refractivity contribution < 1.29 is 23.1 Å². The number of carbonyl (C=O) groups is 1. The first-order chi connectivity index (χ1) is 8.80. The van der Waals surface area contributed by atoms with E-state index in [0.29, 0.717) is 15.8 Å². The smallest absolute Gasteiger partial charge is 0.345 e. The van der Waals surface area contributed by atoms with E-state index in [1.54, 1.807) is 12.1 Å². The number of benzene rings is 1. The fourth-order valence-electron chi connectivity index (χ4n) is 1.62. The van der Waals surface area contributed by atoms with Gasteiger partial charge in [-0.3, -0.25) is 4.72 Å². The third-order valence-electron chi connectivity index (χ3n) is 2.34. The van der Waals surface area contributed by atoms with E-state index in [4.69, 9.17) is 9.84 Å². The van der Waals surface area contributed by atoms with Crippen molar-refractivity contribution in [1.29, 1.82) is 0 Å². The van der Waals surface area contributed by atoms with Gasteiger partial charge in [-0.1, -0.05) is 0 Å². The summed E-state index contributed by atoms with van der Waals surface area (Å²) in [7, 11) is -2.01. The van der Waals surface area contributed by atoms with Gasteiger partial charge in [0.25, 0.3) is 0 Å². The largest absolute Gasteiger partial charge is 0.495 e. The van der Waals surface area contributed by atoms with Crippen LogP contribution < -0.4 is 9.46 Å². The van der Waals surface area contributed by atoms with Crippen LogP contribution in [0.4, 0.5) is 5.69 Å². The van der Waals surface area contributed by atoms with Crippen LogP contribution in [0.2, 0.25) is 0 Å². The van der Waals surface area contributed by atoms with E-state index in [9.17, 15) is 13.2 Å². The number of carboxylic acids is 1. The molecular formula is C11H11NO5S2. The van der Waals surface area contributed by atoms with Gasteiger partial charge in [0.05, 0.1) is 19.1 Å². The topological polar surface area (TPSA) is 92.7 Å². The summed E-state index contributed by atoms with van der Waals surface area (Å²) >= 11 is 1.10. The standard InChI is InChI=1S/C11H11NO5S2/c1-17-8-5-9-6(4-10(18-9)11(13)14)3-7(8)12-19(2,15)16/h3-5,12H,1-2H3,(H,13,14). The number of anilines is 1. The lowest BCUT2D eigenvalue weighted by Crippen LogP contribution is -2.10. The molecular weight excluding hydrogens is 290 g/mol. The Labute approximate surface area is 113 Å². The first kappa shape index (κ1) is 13.6. The number of fused-ring (bicyclic) bond motifs is 1. The van der Waals surface area contributed by atoms with Gasteiger partial charge in [-0.05, 0) is 17.5 Å². The second-order valence-corrected chi connectivity index (χ2v) is 6.71. The maximum absolute atomic E-state index is 11.3. The molecule has 0 radical (unpaired) electrons. The number of ether oxygens (including phenoxy) is 1. The zero-order chi connectivity index (χ0) is 14.2. The van der Waals surface area contributed by atoms with Crippen molar-refractivity contribution >= 4 is 43.1 Å². The first-order valence-corrected chi connectivity index (χ1v) is 7.83. The van der Waals surface area contributed by atoms with Gasteiger partial charge in [-0.25, -0.2) is 13.2 Å². The summed E-state index contributed by atoms with van der Waals surface area (Å²) < 4.78 is 30.7. The van der Waals surface area contributed by atoms with E-state index in [1.807, 2.05) is 0 Å². The summed E-state index contributed by atoms with van der Waals surface area (Å²) in [6.07, 6.45) is 1.03. The fraction of sp³-hybridized carbons (Fsp3) is 0.182. The number of sulfonamides is 1. The summed E-state index contributed by atoms with van der Waals surface area (Å²) in [5, 5.41) is 9.58. The number of rotatable bonds is 4. The Morgan fingerprint density at radius 2 is 2.05 bits per heavy atom. The lowest BCUT2D eigenvalue weighted by Gasteiger charge is -2.09. The van der Waals surface area contributed by atoms with Gasteiger partial charge in [-0.15, -0.1) is 11.3 Å². The van der Waals surface area contributed by atoms with Crippen LogP contribution in [0.1, 0.15) is 9.67 Å². The third-order valence-corrected chi connectivity index (χ3v) is 4.02. The Morgan fingerprint density at radius 3 is 2.58 bits per heavy atom. The molecule has 2 aromatic rings. The van der Waals surface area contributed by atoms with Crippen molar-refractivity contribution in [1.82, 2.24) is 0 Å². The summed E-state index contributed by atoms with van der Waals surface area (Å²) in [5.74, 6) is -0.672. The molecule has 2 rings (SSSR count). The molecule has 0 fully saturated rings. The molecule has 1 aromatic carbocycles. The average Bonchev–Trinajstić information content (AvgIpc) is 2.68. The molecule has 0 atom stereocenters. The molecule has 0 aliphatic carbocycles. The Kier molecular flexibility index (Phi) is 3.38. The quantitative estimate of drug-likeness (QED) is 0.900. The Bertz CT molecular complexity index is 748. The van der Waals surface area contributed by atoms with Crippen molar-refractivity contribution in [2.75, 3.05) is 18.1 Å². The second-order valence-electron chi connectivity index (χ2n) is 3.88. The highest BCUT2D eigenvalue weighted by molar-refractivity contribution is 7.92. The summed E-state index contributed by atoms with van der Waals surface area (Å²) in [6.45, 7) is 0. The molecule has 102 valence electrons. The Hall–Kier alpha value is -1.80. The SMILES string of the molecule is COc1cc2sc(C(=O)O)cc2cc1NS(C)(=O)=O. The first-order valence-electron chi connectivity index (χ1n) is 5.13. The predicted molar refractivity (Wildman–Crippen MR) is 73.8 cm³/mol. The molecule has 0 spiro atoms. The second kappa shape index (κ2) is 4.71. The van der Waals surface area contributed by atoms with Gasteiger partial charge in [0, 0.05) is 10.8 Å². The van der Waals surface area contributed by atoms with E-state index >= 15 is 0 Å². The van der Waals surface area contributed by atoms with Crippen LogP contribution in [-0.4, -0.2) is 32.9 Å². The predicted octanol–water partition coefficient (Wildman–Crippen LogP) is 1.98. The van der Waals surface area contributed by atoms with Crippen molar-refractivity contribution in [3.8, 4) is 5.75 Å². The van der Waals surface area contributed by atoms with Crippen LogP contribution >= 0.6 is 11.3 Å². The molecule has 0 aliphatic heterocycles. The van der Waals surface area contributed by atoms with Gasteiger partial charge >= 0.3 is 5.97 Å². The molecule has 0 aliphatic rings. The maximum Gasteiger partial charge on any atom is 0.345 e. The lowest BCUT2D eigenvalue weighted by molar-refractivity contribution is 0.0702. The number of thiophene rings is 1.